The molecule has 1 aliphatic rings. The Labute approximate surface area is 117 Å². The molecule has 1 saturated heterocycles. The monoisotopic (exact) mass is 300 g/mol. The summed E-state index contributed by atoms with van der Waals surface area (Å²) in [5.41, 5.74) is 8.32. The molecule has 6 nitrogen and oxygen atoms in total. The zero-order valence-corrected chi connectivity index (χ0v) is 10.7. The van der Waals surface area contributed by atoms with E-state index in [0.717, 1.165) is 6.07 Å². The predicted molar refractivity (Wildman–Crippen MR) is 67.6 cm³/mol. The second-order valence-corrected chi connectivity index (χ2v) is 4.50. The average molecular weight is 300 g/mol. The molecular weight excluding hydrogens is 289 g/mol. The second-order valence-electron chi connectivity index (χ2n) is 4.50. The number of ether oxygens (including phenoxy) is 1. The van der Waals surface area contributed by atoms with E-state index in [9.17, 15) is 18.0 Å². The van der Waals surface area contributed by atoms with Crippen molar-refractivity contribution in [3.63, 3.8) is 0 Å². The zero-order valence-electron chi connectivity index (χ0n) is 10.7. The van der Waals surface area contributed by atoms with Gasteiger partial charge in [-0.15, -0.1) is 13.2 Å². The van der Waals surface area contributed by atoms with Gasteiger partial charge in [-0.25, -0.2) is 0 Å². The number of alkyl halides is 3. The van der Waals surface area contributed by atoms with Crippen LogP contribution in [0.1, 0.15) is 6.42 Å². The highest BCUT2D eigenvalue weighted by Crippen LogP contribution is 2.35. The summed E-state index contributed by atoms with van der Waals surface area (Å²) in [6.07, 6.45) is -4.71. The molecule has 9 heteroatoms. The first-order valence-corrected chi connectivity index (χ1v) is 6.06. The predicted octanol–water partition coefficient (Wildman–Crippen LogP) is 3.25. The number of hydrogen-bond acceptors (Lipinski definition) is 3. The summed E-state index contributed by atoms with van der Waals surface area (Å²) in [5, 5.41) is 3.39. The van der Waals surface area contributed by atoms with E-state index < -0.39 is 12.1 Å². The summed E-state index contributed by atoms with van der Waals surface area (Å²) in [6, 6.07) is 5.45. The van der Waals surface area contributed by atoms with Crippen LogP contribution < -0.4 is 9.64 Å². The quantitative estimate of drug-likeness (QED) is 0.486. The smallest absolute Gasteiger partial charge is 0.404 e. The van der Waals surface area contributed by atoms with Crippen LogP contribution in [0.25, 0.3) is 10.4 Å². The number of para-hydroxylation sites is 2. The van der Waals surface area contributed by atoms with Crippen molar-refractivity contribution in [2.24, 2.45) is 11.0 Å². The Morgan fingerprint density at radius 3 is 2.81 bits per heavy atom. The molecule has 0 aliphatic carbocycles. The number of halogens is 3. The minimum atomic E-state index is -4.83. The molecule has 0 saturated carbocycles. The number of carbonyl (C=O) groups excluding carboxylic acids is 1. The Bertz CT molecular complexity index is 584. The number of hydrogen-bond donors (Lipinski definition) is 0. The first kappa shape index (κ1) is 15.0. The normalized spacial score (nSPS) is 18.5. The van der Waals surface area contributed by atoms with Gasteiger partial charge >= 0.3 is 6.36 Å². The third kappa shape index (κ3) is 3.79. The number of amides is 1. The van der Waals surface area contributed by atoms with Gasteiger partial charge in [0, 0.05) is 24.4 Å². The third-order valence-electron chi connectivity index (χ3n) is 2.99. The molecule has 1 aromatic carbocycles. The van der Waals surface area contributed by atoms with E-state index in [4.69, 9.17) is 5.53 Å². The maximum absolute atomic E-state index is 12.4. The molecule has 0 bridgehead atoms. The minimum Gasteiger partial charge on any atom is -0.404 e. The molecule has 0 radical (unpaired) electrons. The van der Waals surface area contributed by atoms with Crippen LogP contribution in [0.3, 0.4) is 0 Å². The lowest BCUT2D eigenvalue weighted by molar-refractivity contribution is -0.274. The lowest BCUT2D eigenvalue weighted by atomic mass is 10.1. The molecule has 0 N–H and O–H groups in total. The Morgan fingerprint density at radius 2 is 2.14 bits per heavy atom. The lowest BCUT2D eigenvalue weighted by Gasteiger charge is -2.20. The standard InChI is InChI=1S/C12H11F3N4O2/c13-12(14,15)21-10-4-2-1-3-9(10)19-7-8(5-11(19)20)6-17-18-16/h1-4,8H,5-7H2. The van der Waals surface area contributed by atoms with Crippen molar-refractivity contribution in [2.45, 2.75) is 12.8 Å². The van der Waals surface area contributed by atoms with E-state index in [0.29, 0.717) is 0 Å². The van der Waals surface area contributed by atoms with Crippen LogP contribution >= 0.6 is 0 Å². The van der Waals surface area contributed by atoms with Crippen LogP contribution in [0.5, 0.6) is 5.75 Å². The summed E-state index contributed by atoms with van der Waals surface area (Å²) in [4.78, 5) is 15.8. The Balaban J connectivity index is 2.22. The lowest BCUT2D eigenvalue weighted by Crippen LogP contribution is -2.27. The molecule has 2 rings (SSSR count). The minimum absolute atomic E-state index is 0.0586. The fraction of sp³-hybridized carbons (Fsp3) is 0.417. The maximum Gasteiger partial charge on any atom is 0.573 e. The van der Waals surface area contributed by atoms with Gasteiger partial charge in [0.05, 0.1) is 5.69 Å². The summed E-state index contributed by atoms with van der Waals surface area (Å²) in [6.45, 7) is 0.317. The molecule has 0 aromatic heterocycles. The molecule has 21 heavy (non-hydrogen) atoms. The zero-order chi connectivity index (χ0) is 15.5. The summed E-state index contributed by atoms with van der Waals surface area (Å²) in [5.74, 6) is -0.971. The van der Waals surface area contributed by atoms with E-state index in [1.165, 1.54) is 23.1 Å². The van der Waals surface area contributed by atoms with Gasteiger partial charge in [-0.05, 0) is 23.6 Å². The van der Waals surface area contributed by atoms with Crippen LogP contribution in [0.15, 0.2) is 29.4 Å². The van der Waals surface area contributed by atoms with Crippen molar-refractivity contribution in [1.29, 1.82) is 0 Å². The molecule has 112 valence electrons. The molecule has 1 fully saturated rings. The molecule has 1 aromatic rings. The average Bonchev–Trinajstić information content (AvgIpc) is 2.76. The highest BCUT2D eigenvalue weighted by Gasteiger charge is 2.36. The summed E-state index contributed by atoms with van der Waals surface area (Å²) >= 11 is 0. The number of anilines is 1. The first-order chi connectivity index (χ1) is 9.90. The SMILES string of the molecule is [N-]=[N+]=NCC1CC(=O)N(c2ccccc2OC(F)(F)F)C1. The van der Waals surface area contributed by atoms with E-state index in [1.807, 2.05) is 0 Å². The Morgan fingerprint density at radius 1 is 1.43 bits per heavy atom. The van der Waals surface area contributed by atoms with E-state index in [2.05, 4.69) is 14.8 Å². The molecule has 1 amide bonds. The van der Waals surface area contributed by atoms with E-state index >= 15 is 0 Å². The number of benzene rings is 1. The highest BCUT2D eigenvalue weighted by molar-refractivity contribution is 5.97. The van der Waals surface area contributed by atoms with Gasteiger partial charge in [-0.1, -0.05) is 17.2 Å². The fourth-order valence-corrected chi connectivity index (χ4v) is 2.18. The van der Waals surface area contributed by atoms with Crippen molar-refractivity contribution in [3.8, 4) is 5.75 Å². The number of nitrogens with zero attached hydrogens (tertiary/aromatic N) is 4. The Kier molecular flexibility index (Phi) is 4.23. The van der Waals surface area contributed by atoms with Crippen LogP contribution in [-0.2, 0) is 4.79 Å². The van der Waals surface area contributed by atoms with Crippen LogP contribution in [0, 0.1) is 5.92 Å². The fourth-order valence-electron chi connectivity index (χ4n) is 2.18. The molecule has 1 aliphatic heterocycles. The topological polar surface area (TPSA) is 78.3 Å². The maximum atomic E-state index is 12.4. The molecule has 1 heterocycles. The summed E-state index contributed by atoms with van der Waals surface area (Å²) < 4.78 is 41.0. The van der Waals surface area contributed by atoms with Crippen LogP contribution in [-0.4, -0.2) is 25.4 Å². The van der Waals surface area contributed by atoms with Gasteiger partial charge < -0.3 is 9.64 Å². The van der Waals surface area contributed by atoms with Crippen molar-refractivity contribution in [2.75, 3.05) is 18.0 Å². The Hall–Kier alpha value is -2.41. The highest BCUT2D eigenvalue weighted by atomic mass is 19.4. The number of rotatable bonds is 4. The van der Waals surface area contributed by atoms with Gasteiger partial charge in [0.2, 0.25) is 5.91 Å². The van der Waals surface area contributed by atoms with Gasteiger partial charge in [0.25, 0.3) is 0 Å². The molecular formula is C12H11F3N4O2. The second kappa shape index (κ2) is 5.92. The molecule has 1 unspecified atom stereocenters. The molecule has 1 atom stereocenters. The largest absolute Gasteiger partial charge is 0.573 e. The van der Waals surface area contributed by atoms with E-state index in [-0.39, 0.29) is 37.0 Å². The van der Waals surface area contributed by atoms with Crippen molar-refractivity contribution in [1.82, 2.24) is 0 Å². The van der Waals surface area contributed by atoms with Gasteiger partial charge in [-0.2, -0.15) is 0 Å². The molecule has 0 spiro atoms. The third-order valence-corrected chi connectivity index (χ3v) is 2.99. The van der Waals surface area contributed by atoms with Gasteiger partial charge in [0.1, 0.15) is 0 Å². The van der Waals surface area contributed by atoms with Crippen molar-refractivity contribution >= 4 is 11.6 Å². The van der Waals surface area contributed by atoms with Crippen molar-refractivity contribution in [3.05, 3.63) is 34.7 Å². The van der Waals surface area contributed by atoms with Gasteiger partial charge in [0.15, 0.2) is 5.75 Å². The first-order valence-electron chi connectivity index (χ1n) is 6.06. The van der Waals surface area contributed by atoms with Gasteiger partial charge in [-0.3, -0.25) is 4.79 Å². The summed E-state index contributed by atoms with van der Waals surface area (Å²) in [7, 11) is 0. The van der Waals surface area contributed by atoms with Crippen LogP contribution in [0.2, 0.25) is 0 Å². The van der Waals surface area contributed by atoms with Crippen molar-refractivity contribution < 1.29 is 22.7 Å². The number of carbonyl (C=O) groups is 1. The van der Waals surface area contributed by atoms with E-state index in [1.54, 1.807) is 0 Å². The number of azide groups is 1. The van der Waals surface area contributed by atoms with Crippen LogP contribution in [0.4, 0.5) is 18.9 Å².